The van der Waals surface area contributed by atoms with E-state index in [0.29, 0.717) is 19.3 Å². The molecule has 0 radical (unpaired) electrons. The Balaban J connectivity index is 4.32. The largest absolute Gasteiger partial charge is 0.477 e. The highest BCUT2D eigenvalue weighted by atomic mass is 16.6. The molecule has 67 heavy (non-hydrogen) atoms. The number of carboxylic acids is 1. The van der Waals surface area contributed by atoms with E-state index in [2.05, 4.69) is 123 Å². The Kier molecular flexibility index (Phi) is 45.5. The first-order valence-electron chi connectivity index (χ1n) is 26.4. The van der Waals surface area contributed by atoms with E-state index in [4.69, 9.17) is 14.2 Å². The first-order valence-corrected chi connectivity index (χ1v) is 26.4. The lowest BCUT2D eigenvalue weighted by Crippen LogP contribution is -2.50. The van der Waals surface area contributed by atoms with Crippen LogP contribution in [0.5, 0.6) is 0 Å². The van der Waals surface area contributed by atoms with E-state index in [-0.39, 0.29) is 42.7 Å². The van der Waals surface area contributed by atoms with Gasteiger partial charge in [-0.3, -0.25) is 9.59 Å². The highest BCUT2D eigenvalue weighted by Gasteiger charge is 2.31. The molecule has 380 valence electrons. The molecule has 0 aromatic carbocycles. The second-order valence-corrected chi connectivity index (χ2v) is 18.4. The van der Waals surface area contributed by atoms with Gasteiger partial charge in [0.05, 0.1) is 34.4 Å². The summed E-state index contributed by atoms with van der Waals surface area (Å²) in [6.45, 7) is 4.47. The van der Waals surface area contributed by atoms with Crippen LogP contribution in [0.3, 0.4) is 0 Å². The Morgan fingerprint density at radius 2 is 0.791 bits per heavy atom. The Bertz CT molecular complexity index is 1460. The van der Waals surface area contributed by atoms with Crippen LogP contribution in [0.15, 0.2) is 109 Å². The minimum atomic E-state index is -0.885. The molecule has 2 unspecified atom stereocenters. The van der Waals surface area contributed by atoms with E-state index in [1.165, 1.54) is 57.8 Å². The quantitative estimate of drug-likeness (QED) is 0.0281. The average molecular weight is 933 g/mol. The number of allylic oxidation sites excluding steroid dienone is 18. The molecule has 0 spiro atoms. The van der Waals surface area contributed by atoms with Gasteiger partial charge in [-0.2, -0.15) is 0 Å². The Hall–Kier alpha value is -4.01. The number of unbranched alkanes of at least 4 members (excludes halogenated alkanes) is 14. The predicted octanol–water partition coefficient (Wildman–Crippen LogP) is 15.6. The van der Waals surface area contributed by atoms with Gasteiger partial charge in [0.15, 0.2) is 12.1 Å². The number of likely N-dealkylation sites (N-methyl/N-ethyl adjacent to an activating group) is 1. The second kappa shape index (κ2) is 48.4. The fourth-order valence-corrected chi connectivity index (χ4v) is 7.17. The molecule has 0 saturated heterocycles. The van der Waals surface area contributed by atoms with E-state index in [1.807, 2.05) is 21.1 Å². The summed E-state index contributed by atoms with van der Waals surface area (Å²) in [4.78, 5) is 37.2. The maximum absolute atomic E-state index is 12.8. The van der Waals surface area contributed by atoms with Gasteiger partial charge in [-0.05, 0) is 96.3 Å². The predicted molar refractivity (Wildman–Crippen MR) is 284 cm³/mol. The molecular formula is C59H98NO7+. The average Bonchev–Trinajstić information content (AvgIpc) is 3.29. The van der Waals surface area contributed by atoms with Crippen LogP contribution in [0.4, 0.5) is 0 Å². The summed E-state index contributed by atoms with van der Waals surface area (Å²) >= 11 is 0. The molecule has 0 heterocycles. The third-order valence-corrected chi connectivity index (χ3v) is 11.2. The van der Waals surface area contributed by atoms with E-state index in [0.717, 1.165) is 96.3 Å². The maximum atomic E-state index is 12.8. The monoisotopic (exact) mass is 933 g/mol. The number of ether oxygens (including phenoxy) is 3. The summed E-state index contributed by atoms with van der Waals surface area (Å²) in [5.74, 6) is -1.52. The van der Waals surface area contributed by atoms with Crippen LogP contribution < -0.4 is 0 Å². The molecule has 0 aliphatic rings. The number of esters is 2. The van der Waals surface area contributed by atoms with Crippen molar-refractivity contribution in [1.82, 2.24) is 0 Å². The minimum absolute atomic E-state index is 0.0400. The molecule has 0 amide bonds. The van der Waals surface area contributed by atoms with Crippen LogP contribution in [-0.2, 0) is 28.6 Å². The van der Waals surface area contributed by atoms with Crippen molar-refractivity contribution in [3.63, 3.8) is 0 Å². The summed E-state index contributed by atoms with van der Waals surface area (Å²) in [6.07, 6.45) is 67.1. The smallest absolute Gasteiger partial charge is 0.362 e. The number of carbonyl (C=O) groups excluding carboxylic acids is 2. The highest BCUT2D eigenvalue weighted by Crippen LogP contribution is 2.14. The van der Waals surface area contributed by atoms with Gasteiger partial charge < -0.3 is 23.8 Å². The van der Waals surface area contributed by atoms with Gasteiger partial charge >= 0.3 is 17.9 Å². The van der Waals surface area contributed by atoms with Gasteiger partial charge in [-0.25, -0.2) is 4.79 Å². The van der Waals surface area contributed by atoms with Crippen molar-refractivity contribution in [3.05, 3.63) is 109 Å². The van der Waals surface area contributed by atoms with E-state index >= 15 is 0 Å². The molecular weight excluding hydrogens is 835 g/mol. The van der Waals surface area contributed by atoms with Crippen molar-refractivity contribution in [2.24, 2.45) is 0 Å². The van der Waals surface area contributed by atoms with Crippen molar-refractivity contribution in [2.45, 2.75) is 206 Å². The van der Waals surface area contributed by atoms with Gasteiger partial charge in [0.2, 0.25) is 0 Å². The van der Waals surface area contributed by atoms with Crippen LogP contribution >= 0.6 is 0 Å². The Morgan fingerprint density at radius 1 is 0.448 bits per heavy atom. The van der Waals surface area contributed by atoms with Gasteiger partial charge in [0.1, 0.15) is 6.61 Å². The molecule has 0 fully saturated rings. The summed E-state index contributed by atoms with van der Waals surface area (Å²) in [7, 11) is 5.51. The van der Waals surface area contributed by atoms with Crippen molar-refractivity contribution < 1.29 is 38.2 Å². The number of carboxylic acid groups (broad SMARTS) is 1. The molecule has 0 aromatic rings. The van der Waals surface area contributed by atoms with Crippen LogP contribution in [0.25, 0.3) is 0 Å². The molecule has 0 aliphatic heterocycles. The molecule has 1 N–H and O–H groups in total. The van der Waals surface area contributed by atoms with Crippen molar-refractivity contribution in [1.29, 1.82) is 0 Å². The zero-order valence-electron chi connectivity index (χ0n) is 43.3. The lowest BCUT2D eigenvalue weighted by atomic mass is 10.0. The van der Waals surface area contributed by atoms with Crippen LogP contribution in [0.2, 0.25) is 0 Å². The Morgan fingerprint density at radius 3 is 1.18 bits per heavy atom. The lowest BCUT2D eigenvalue weighted by molar-refractivity contribution is -0.887. The number of rotatable bonds is 46. The summed E-state index contributed by atoms with van der Waals surface area (Å²) < 4.78 is 17.3. The van der Waals surface area contributed by atoms with Crippen molar-refractivity contribution >= 4 is 17.9 Å². The van der Waals surface area contributed by atoms with E-state index in [9.17, 15) is 19.5 Å². The zero-order valence-corrected chi connectivity index (χ0v) is 43.3. The van der Waals surface area contributed by atoms with E-state index < -0.39 is 18.1 Å². The molecule has 0 aliphatic carbocycles. The van der Waals surface area contributed by atoms with Crippen molar-refractivity contribution in [2.75, 3.05) is 41.0 Å². The third kappa shape index (κ3) is 46.9. The number of aliphatic carboxylic acids is 1. The molecule has 0 bridgehead atoms. The normalized spacial score (nSPS) is 13.7. The summed E-state index contributed by atoms with van der Waals surface area (Å²) in [5.41, 5.74) is 0. The fraction of sp³-hybridized carbons (Fsp3) is 0.644. The minimum Gasteiger partial charge on any atom is -0.477 e. The number of carbonyl (C=O) groups is 3. The van der Waals surface area contributed by atoms with E-state index in [1.54, 1.807) is 0 Å². The zero-order chi connectivity index (χ0) is 49.2. The lowest BCUT2D eigenvalue weighted by Gasteiger charge is -2.31. The molecule has 8 nitrogen and oxygen atoms in total. The van der Waals surface area contributed by atoms with Crippen LogP contribution in [-0.4, -0.2) is 80.6 Å². The number of nitrogens with zero attached hydrogens (tertiary/aromatic N) is 1. The third-order valence-electron chi connectivity index (χ3n) is 11.2. The second-order valence-electron chi connectivity index (χ2n) is 18.4. The number of hydrogen-bond acceptors (Lipinski definition) is 6. The van der Waals surface area contributed by atoms with Crippen LogP contribution in [0, 0.1) is 0 Å². The first-order chi connectivity index (χ1) is 32.6. The molecule has 0 aromatic heterocycles. The number of hydrogen-bond donors (Lipinski definition) is 1. The molecule has 2 atom stereocenters. The SMILES string of the molecule is CC/C=C/C/C=C/C/C=C/C/C=C/C/C=C/C/C=C/CCCCCC(=O)OC(COCCC(C(=O)O)[N+](C)(C)C)COC(=O)CCCCCCCCCCCCC/C=C/C/C=C/C/C=C/CC. The summed E-state index contributed by atoms with van der Waals surface area (Å²) in [5, 5.41) is 9.66. The standard InChI is InChI=1S/C59H97NO7/c1-6-8-10-12-14-16-18-20-22-24-26-28-30-32-34-36-38-40-42-44-46-48-50-58(62)67-55(53-65-52-51-56(59(63)64)60(3,4)5)54-66-57(61)49-47-45-43-41-39-37-35-33-31-29-27-25-23-21-19-17-15-13-11-9-7-2/h8-11,14-17,20-23,26,28,32,34,38,40,55-56H,6-7,12-13,18-19,24-25,27,29-31,33,35-37,39,41-54H2,1-5H3/p+1/b10-8+,11-9+,16-14+,17-15+,22-20+,23-21+,28-26+,34-32+,40-38+. The van der Waals surface area contributed by atoms with Gasteiger partial charge in [0.25, 0.3) is 0 Å². The maximum Gasteiger partial charge on any atom is 0.362 e. The first kappa shape index (κ1) is 63.0. The topological polar surface area (TPSA) is 99.1 Å². The molecule has 0 saturated carbocycles. The van der Waals surface area contributed by atoms with Gasteiger partial charge in [-0.1, -0.05) is 187 Å². The Labute approximate surface area is 410 Å². The van der Waals surface area contributed by atoms with Crippen LogP contribution in [0.1, 0.15) is 194 Å². The number of quaternary nitrogens is 1. The molecule has 0 rings (SSSR count). The van der Waals surface area contributed by atoms with Gasteiger partial charge in [-0.15, -0.1) is 0 Å². The van der Waals surface area contributed by atoms with Gasteiger partial charge in [0, 0.05) is 19.3 Å². The summed E-state index contributed by atoms with van der Waals surface area (Å²) in [6, 6.07) is -0.629. The molecule has 8 heteroatoms. The van der Waals surface area contributed by atoms with Crippen molar-refractivity contribution in [3.8, 4) is 0 Å². The highest BCUT2D eigenvalue weighted by molar-refractivity contribution is 5.72. The fourth-order valence-electron chi connectivity index (χ4n) is 7.17.